The van der Waals surface area contributed by atoms with Crippen LogP contribution in [0.25, 0.3) is 0 Å². The van der Waals surface area contributed by atoms with Crippen LogP contribution in [0.1, 0.15) is 311 Å². The molecule has 0 rings (SSSR count). The molecule has 0 aromatic heterocycles. The van der Waals surface area contributed by atoms with Gasteiger partial charge in [-0.05, 0) is 38.5 Å². The standard InChI is InChI=1S/2C30H56O6/c1-4-7-10-13-16-19-22-26(32)29(35,25-31)30(36,27(33)23-20-17-14-11-8-5-2)28(34)24-21-18-15-12-9-6-3;1-4-7-10-13-16-19-22-25(31)28(34)30(36,27(33)24-21-18-15-12-9-6-3)29(35)26(32)23-20-17-14-11-8-5-2/h31,35-36H,4-25H2,1-3H3;28-29,34-36H,4-24H2,1-3H3. The van der Waals surface area contributed by atoms with Gasteiger partial charge in [-0.15, -0.1) is 0 Å². The molecule has 0 heterocycles. The molecule has 0 spiro atoms. The number of ketones is 6. The molecular formula is C60H112O12. The smallest absolute Gasteiger partial charge is 0.219 e. The van der Waals surface area contributed by atoms with Gasteiger partial charge in [0.05, 0.1) is 6.61 Å². The van der Waals surface area contributed by atoms with Crippen LogP contribution in [0.2, 0.25) is 0 Å². The highest BCUT2D eigenvalue weighted by molar-refractivity contribution is 6.16. The number of rotatable bonds is 52. The Balaban J connectivity index is 0. The first-order valence-electron chi connectivity index (χ1n) is 29.9. The fourth-order valence-corrected chi connectivity index (χ4v) is 9.43. The highest BCUT2D eigenvalue weighted by Crippen LogP contribution is 2.32. The molecule has 3 atom stereocenters. The first-order valence-corrected chi connectivity index (χ1v) is 29.9. The Morgan fingerprint density at radius 1 is 0.306 bits per heavy atom. The summed E-state index contributed by atoms with van der Waals surface area (Å²) in [5.74, 6) is -4.70. The Hall–Kier alpha value is -2.22. The Bertz CT molecular complexity index is 1310. The normalized spacial score (nSPS) is 14.2. The van der Waals surface area contributed by atoms with E-state index in [2.05, 4.69) is 41.5 Å². The minimum atomic E-state index is -2.89. The zero-order valence-corrected chi connectivity index (χ0v) is 47.2. The molecule has 0 aliphatic carbocycles. The number of hydrogen-bond donors (Lipinski definition) is 6. The van der Waals surface area contributed by atoms with Crippen molar-refractivity contribution in [2.45, 2.75) is 340 Å². The predicted octanol–water partition coefficient (Wildman–Crippen LogP) is 12.8. The van der Waals surface area contributed by atoms with Crippen molar-refractivity contribution in [3.63, 3.8) is 0 Å². The molecule has 424 valence electrons. The van der Waals surface area contributed by atoms with Gasteiger partial charge in [0.2, 0.25) is 5.60 Å². The number of Topliss-reactive ketones (excluding diaryl/α,β-unsaturated/α-hetero) is 6. The van der Waals surface area contributed by atoms with Gasteiger partial charge in [0.1, 0.15) is 0 Å². The first kappa shape index (κ1) is 71.9. The summed E-state index contributed by atoms with van der Waals surface area (Å²) in [6.07, 6.45) is 28.9. The van der Waals surface area contributed by atoms with Gasteiger partial charge in [0.25, 0.3) is 0 Å². The Labute approximate surface area is 439 Å². The minimum Gasteiger partial charge on any atom is -0.393 e. The third-order valence-electron chi connectivity index (χ3n) is 14.6. The number of hydrogen-bond acceptors (Lipinski definition) is 12. The van der Waals surface area contributed by atoms with Crippen LogP contribution in [0.5, 0.6) is 0 Å². The Kier molecular flexibility index (Phi) is 46.0. The molecule has 3 unspecified atom stereocenters. The predicted molar refractivity (Wildman–Crippen MR) is 292 cm³/mol. The molecule has 0 saturated heterocycles. The van der Waals surface area contributed by atoms with E-state index in [1.165, 1.54) is 0 Å². The van der Waals surface area contributed by atoms with Crippen molar-refractivity contribution in [2.75, 3.05) is 6.61 Å². The maximum Gasteiger partial charge on any atom is 0.219 e. The monoisotopic (exact) mass is 1020 g/mol. The molecule has 0 aliphatic heterocycles. The summed E-state index contributed by atoms with van der Waals surface area (Å²) in [6.45, 7) is 11.6. The highest BCUT2D eigenvalue weighted by atomic mass is 16.4. The van der Waals surface area contributed by atoms with Crippen LogP contribution in [-0.4, -0.2) is 101 Å². The van der Waals surface area contributed by atoms with Gasteiger partial charge in [-0.2, -0.15) is 0 Å². The molecule has 0 bridgehead atoms. The fraction of sp³-hybridized carbons (Fsp3) is 0.900. The zero-order chi connectivity index (χ0) is 54.5. The molecule has 0 saturated carbocycles. The van der Waals surface area contributed by atoms with Crippen LogP contribution in [0.4, 0.5) is 0 Å². The van der Waals surface area contributed by atoms with E-state index in [4.69, 9.17) is 0 Å². The van der Waals surface area contributed by atoms with Crippen LogP contribution < -0.4 is 0 Å². The molecular weight excluding hydrogens is 913 g/mol. The number of unbranched alkanes of at least 4 members (excludes halogenated alkanes) is 30. The lowest BCUT2D eigenvalue weighted by Crippen LogP contribution is -2.69. The number of aliphatic hydroxyl groups is 6. The third kappa shape index (κ3) is 29.2. The second kappa shape index (κ2) is 46.1. The average Bonchev–Trinajstić information content (AvgIpc) is 3.38. The van der Waals surface area contributed by atoms with E-state index in [9.17, 15) is 59.4 Å². The van der Waals surface area contributed by atoms with E-state index in [0.717, 1.165) is 193 Å². The summed E-state index contributed by atoms with van der Waals surface area (Å²) in [6, 6.07) is 0. The topological polar surface area (TPSA) is 224 Å². The molecule has 72 heavy (non-hydrogen) atoms. The molecule has 12 heteroatoms. The van der Waals surface area contributed by atoms with Gasteiger partial charge in [0, 0.05) is 38.5 Å². The van der Waals surface area contributed by atoms with Crippen molar-refractivity contribution in [1.82, 2.24) is 0 Å². The van der Waals surface area contributed by atoms with Gasteiger partial charge in [-0.25, -0.2) is 0 Å². The van der Waals surface area contributed by atoms with Gasteiger partial charge >= 0.3 is 0 Å². The summed E-state index contributed by atoms with van der Waals surface area (Å²) < 4.78 is 0. The summed E-state index contributed by atoms with van der Waals surface area (Å²) in [5.41, 5.74) is -8.47. The second-order valence-corrected chi connectivity index (χ2v) is 21.1. The molecule has 0 fully saturated rings. The van der Waals surface area contributed by atoms with E-state index < -0.39 is 70.3 Å². The number of carbonyl (C=O) groups is 6. The SMILES string of the molecule is CCCCCCCCC(=O)C(O)(CO)C(O)(C(=O)CCCCCCCC)C(=O)CCCCCCCC.CCCCCCCCC(=O)C(O)C(O)(C(=O)CCCCCCCC)C(O)C(=O)CCCCCCCC. The first-order chi connectivity index (χ1) is 34.5. The average molecular weight is 1030 g/mol. The summed E-state index contributed by atoms with van der Waals surface area (Å²) in [4.78, 5) is 78.1. The zero-order valence-electron chi connectivity index (χ0n) is 47.2. The van der Waals surface area contributed by atoms with Crippen molar-refractivity contribution in [3.05, 3.63) is 0 Å². The van der Waals surface area contributed by atoms with E-state index >= 15 is 0 Å². The molecule has 0 aromatic carbocycles. The summed E-state index contributed by atoms with van der Waals surface area (Å²) >= 11 is 0. The van der Waals surface area contributed by atoms with Crippen LogP contribution in [-0.2, 0) is 28.8 Å². The van der Waals surface area contributed by atoms with E-state index in [1.54, 1.807) is 0 Å². The van der Waals surface area contributed by atoms with Gasteiger partial charge in [-0.1, -0.05) is 234 Å². The Morgan fingerprint density at radius 3 is 0.764 bits per heavy atom. The minimum absolute atomic E-state index is 0.0121. The number of aliphatic hydroxyl groups excluding tert-OH is 3. The lowest BCUT2D eigenvalue weighted by atomic mass is 9.71. The highest BCUT2D eigenvalue weighted by Gasteiger charge is 2.62. The maximum atomic E-state index is 13.2. The second-order valence-electron chi connectivity index (χ2n) is 21.1. The lowest BCUT2D eigenvalue weighted by Gasteiger charge is -2.39. The molecule has 0 aromatic rings. The lowest BCUT2D eigenvalue weighted by molar-refractivity contribution is -0.194. The maximum absolute atomic E-state index is 13.2. The van der Waals surface area contributed by atoms with Crippen LogP contribution >= 0.6 is 0 Å². The van der Waals surface area contributed by atoms with Crippen molar-refractivity contribution in [1.29, 1.82) is 0 Å². The van der Waals surface area contributed by atoms with Gasteiger partial charge < -0.3 is 30.6 Å². The van der Waals surface area contributed by atoms with E-state index in [-0.39, 0.29) is 38.5 Å². The van der Waals surface area contributed by atoms with Crippen molar-refractivity contribution >= 4 is 34.7 Å². The van der Waals surface area contributed by atoms with E-state index in [0.29, 0.717) is 38.5 Å². The third-order valence-corrected chi connectivity index (χ3v) is 14.6. The summed E-state index contributed by atoms with van der Waals surface area (Å²) in [5, 5.41) is 65.6. The molecule has 0 amide bonds. The largest absolute Gasteiger partial charge is 0.393 e. The van der Waals surface area contributed by atoms with Crippen LogP contribution in [0.15, 0.2) is 0 Å². The van der Waals surface area contributed by atoms with Crippen LogP contribution in [0.3, 0.4) is 0 Å². The molecule has 0 radical (unpaired) electrons. The van der Waals surface area contributed by atoms with Gasteiger partial charge in [-0.3, -0.25) is 28.8 Å². The van der Waals surface area contributed by atoms with Crippen LogP contribution in [0, 0.1) is 0 Å². The van der Waals surface area contributed by atoms with Crippen molar-refractivity contribution in [3.8, 4) is 0 Å². The summed E-state index contributed by atoms with van der Waals surface area (Å²) in [7, 11) is 0. The quantitative estimate of drug-likeness (QED) is 0.0247. The molecule has 12 nitrogen and oxygen atoms in total. The van der Waals surface area contributed by atoms with E-state index in [1.807, 2.05) is 0 Å². The molecule has 6 N–H and O–H groups in total. The number of carbonyl (C=O) groups excluding carboxylic acids is 6. The van der Waals surface area contributed by atoms with Crippen molar-refractivity contribution < 1.29 is 59.4 Å². The molecule has 0 aliphatic rings. The van der Waals surface area contributed by atoms with Gasteiger partial charge in [0.15, 0.2) is 58.1 Å². The Morgan fingerprint density at radius 2 is 0.514 bits per heavy atom. The fourth-order valence-electron chi connectivity index (χ4n) is 9.43. The van der Waals surface area contributed by atoms with Crippen molar-refractivity contribution in [2.24, 2.45) is 0 Å².